The molecule has 1 heterocycles. The van der Waals surface area contributed by atoms with Crippen LogP contribution in [0, 0.1) is 11.8 Å². The zero-order chi connectivity index (χ0) is 13.4. The van der Waals surface area contributed by atoms with Crippen LogP contribution in [0.25, 0.3) is 0 Å². The summed E-state index contributed by atoms with van der Waals surface area (Å²) in [5, 5.41) is 10.3. The molecule has 3 nitrogen and oxygen atoms in total. The molecular formula is C15H21NO2. The first-order valence-electron chi connectivity index (χ1n) is 6.49. The standard InChI is InChI=1S/C15H21NO2/c1-9(2)10(3)15(18)11-5-6-13-12(7-11)8-14(17)16(13)4/h5-7,9-10,15,18H,8H2,1-4H3. The van der Waals surface area contributed by atoms with Gasteiger partial charge in [0.05, 0.1) is 12.5 Å². The van der Waals surface area contributed by atoms with Crippen molar-refractivity contribution in [1.82, 2.24) is 0 Å². The quantitative estimate of drug-likeness (QED) is 0.891. The minimum atomic E-state index is -0.462. The smallest absolute Gasteiger partial charge is 0.231 e. The van der Waals surface area contributed by atoms with Crippen molar-refractivity contribution in [1.29, 1.82) is 0 Å². The van der Waals surface area contributed by atoms with Gasteiger partial charge in [-0.3, -0.25) is 4.79 Å². The third-order valence-corrected chi connectivity index (χ3v) is 4.07. The normalized spacial score (nSPS) is 18.1. The Morgan fingerprint density at radius 1 is 1.28 bits per heavy atom. The third kappa shape index (κ3) is 2.15. The van der Waals surface area contributed by atoms with Crippen molar-refractivity contribution in [2.45, 2.75) is 33.3 Å². The number of rotatable bonds is 3. The zero-order valence-corrected chi connectivity index (χ0v) is 11.5. The summed E-state index contributed by atoms with van der Waals surface area (Å²) in [5.74, 6) is 0.754. The maximum Gasteiger partial charge on any atom is 0.231 e. The first-order chi connectivity index (χ1) is 8.41. The topological polar surface area (TPSA) is 40.5 Å². The second-order valence-electron chi connectivity index (χ2n) is 5.57. The third-order valence-electron chi connectivity index (χ3n) is 4.07. The van der Waals surface area contributed by atoms with Gasteiger partial charge in [0.25, 0.3) is 0 Å². The van der Waals surface area contributed by atoms with Gasteiger partial charge in [0.15, 0.2) is 0 Å². The fourth-order valence-electron chi connectivity index (χ4n) is 2.34. The SMILES string of the molecule is CC(C)C(C)C(O)c1ccc2c(c1)CC(=O)N2C. The van der Waals surface area contributed by atoms with Gasteiger partial charge < -0.3 is 10.0 Å². The fraction of sp³-hybridized carbons (Fsp3) is 0.533. The van der Waals surface area contributed by atoms with E-state index in [1.54, 1.807) is 11.9 Å². The van der Waals surface area contributed by atoms with Crippen LogP contribution in [0.1, 0.15) is 38.0 Å². The summed E-state index contributed by atoms with van der Waals surface area (Å²) >= 11 is 0. The van der Waals surface area contributed by atoms with Crippen molar-refractivity contribution in [3.8, 4) is 0 Å². The maximum atomic E-state index is 11.6. The fourth-order valence-corrected chi connectivity index (χ4v) is 2.34. The number of aliphatic hydroxyl groups excluding tert-OH is 1. The molecule has 1 aromatic rings. The van der Waals surface area contributed by atoms with E-state index in [2.05, 4.69) is 20.8 Å². The molecule has 0 aliphatic carbocycles. The van der Waals surface area contributed by atoms with E-state index in [1.165, 1.54) is 0 Å². The van der Waals surface area contributed by atoms with Crippen molar-refractivity contribution in [2.24, 2.45) is 11.8 Å². The predicted molar refractivity (Wildman–Crippen MR) is 72.5 cm³/mol. The first-order valence-corrected chi connectivity index (χ1v) is 6.49. The highest BCUT2D eigenvalue weighted by atomic mass is 16.3. The van der Waals surface area contributed by atoms with Crippen LogP contribution in [0.2, 0.25) is 0 Å². The highest BCUT2D eigenvalue weighted by molar-refractivity contribution is 6.00. The number of benzene rings is 1. The lowest BCUT2D eigenvalue weighted by atomic mass is 9.87. The maximum absolute atomic E-state index is 11.6. The Morgan fingerprint density at radius 2 is 1.94 bits per heavy atom. The van der Waals surface area contributed by atoms with E-state index in [1.807, 2.05) is 18.2 Å². The monoisotopic (exact) mass is 247 g/mol. The highest BCUT2D eigenvalue weighted by Crippen LogP contribution is 2.33. The lowest BCUT2D eigenvalue weighted by Gasteiger charge is -2.23. The molecule has 0 radical (unpaired) electrons. The zero-order valence-electron chi connectivity index (χ0n) is 11.5. The Bertz CT molecular complexity index is 468. The van der Waals surface area contributed by atoms with Gasteiger partial charge in [0.2, 0.25) is 5.91 Å². The largest absolute Gasteiger partial charge is 0.388 e. The van der Waals surface area contributed by atoms with Crippen LogP contribution in [-0.4, -0.2) is 18.1 Å². The number of carbonyl (C=O) groups is 1. The molecule has 1 aliphatic heterocycles. The number of anilines is 1. The van der Waals surface area contributed by atoms with Gasteiger partial charge in [0.1, 0.15) is 0 Å². The summed E-state index contributed by atoms with van der Waals surface area (Å²) in [7, 11) is 1.79. The molecule has 0 spiro atoms. The molecule has 1 amide bonds. The highest BCUT2D eigenvalue weighted by Gasteiger charge is 2.26. The predicted octanol–water partition coefficient (Wildman–Crippen LogP) is 2.53. The van der Waals surface area contributed by atoms with Gasteiger partial charge in [-0.15, -0.1) is 0 Å². The summed E-state index contributed by atoms with van der Waals surface area (Å²) in [6, 6.07) is 5.84. The molecule has 2 unspecified atom stereocenters. The van der Waals surface area contributed by atoms with Crippen LogP contribution >= 0.6 is 0 Å². The minimum Gasteiger partial charge on any atom is -0.388 e. The number of hydrogen-bond acceptors (Lipinski definition) is 2. The number of aliphatic hydroxyl groups is 1. The number of hydrogen-bond donors (Lipinski definition) is 1. The van der Waals surface area contributed by atoms with E-state index in [0.29, 0.717) is 12.3 Å². The Kier molecular flexibility index (Phi) is 3.44. The van der Waals surface area contributed by atoms with Crippen LogP contribution in [0.3, 0.4) is 0 Å². The van der Waals surface area contributed by atoms with E-state index in [-0.39, 0.29) is 11.8 Å². The molecular weight excluding hydrogens is 226 g/mol. The molecule has 3 heteroatoms. The van der Waals surface area contributed by atoms with Crippen molar-refractivity contribution in [3.63, 3.8) is 0 Å². The average molecular weight is 247 g/mol. The number of likely N-dealkylation sites (N-methyl/N-ethyl adjacent to an activating group) is 1. The molecule has 1 aliphatic rings. The van der Waals surface area contributed by atoms with Gasteiger partial charge in [-0.1, -0.05) is 32.9 Å². The number of fused-ring (bicyclic) bond motifs is 1. The molecule has 98 valence electrons. The lowest BCUT2D eigenvalue weighted by Crippen LogP contribution is -2.20. The Hall–Kier alpha value is -1.35. The molecule has 18 heavy (non-hydrogen) atoms. The first kappa shape index (κ1) is 13.1. The molecule has 0 bridgehead atoms. The molecule has 2 rings (SSSR count). The van der Waals surface area contributed by atoms with Crippen molar-refractivity contribution in [2.75, 3.05) is 11.9 Å². The van der Waals surface area contributed by atoms with Crippen LogP contribution in [-0.2, 0) is 11.2 Å². The number of carbonyl (C=O) groups excluding carboxylic acids is 1. The molecule has 0 fully saturated rings. The Morgan fingerprint density at radius 3 is 2.56 bits per heavy atom. The molecule has 0 aromatic heterocycles. The molecule has 2 atom stereocenters. The second-order valence-corrected chi connectivity index (χ2v) is 5.57. The van der Waals surface area contributed by atoms with Gasteiger partial charge in [-0.25, -0.2) is 0 Å². The van der Waals surface area contributed by atoms with Crippen molar-refractivity contribution >= 4 is 11.6 Å². The lowest BCUT2D eigenvalue weighted by molar-refractivity contribution is -0.117. The number of nitrogens with zero attached hydrogens (tertiary/aromatic N) is 1. The second kappa shape index (κ2) is 4.73. The van der Waals surface area contributed by atoms with Gasteiger partial charge >= 0.3 is 0 Å². The van der Waals surface area contributed by atoms with Crippen molar-refractivity contribution in [3.05, 3.63) is 29.3 Å². The summed E-state index contributed by atoms with van der Waals surface area (Å²) in [6.45, 7) is 6.27. The number of amides is 1. The Labute approximate surface area is 108 Å². The van der Waals surface area contributed by atoms with Crippen molar-refractivity contribution < 1.29 is 9.90 Å². The molecule has 0 saturated heterocycles. The van der Waals surface area contributed by atoms with Crippen LogP contribution in [0.15, 0.2) is 18.2 Å². The minimum absolute atomic E-state index is 0.119. The van der Waals surface area contributed by atoms with Gasteiger partial charge in [0, 0.05) is 12.7 Å². The molecule has 1 aromatic carbocycles. The van der Waals surface area contributed by atoms with E-state index >= 15 is 0 Å². The van der Waals surface area contributed by atoms with Crippen LogP contribution in [0.4, 0.5) is 5.69 Å². The van der Waals surface area contributed by atoms with E-state index in [9.17, 15) is 9.90 Å². The van der Waals surface area contributed by atoms with Crippen LogP contribution < -0.4 is 4.90 Å². The van der Waals surface area contributed by atoms with E-state index in [4.69, 9.17) is 0 Å². The molecule has 1 N–H and O–H groups in total. The molecule has 0 saturated carbocycles. The van der Waals surface area contributed by atoms with E-state index in [0.717, 1.165) is 16.8 Å². The van der Waals surface area contributed by atoms with Crippen LogP contribution in [0.5, 0.6) is 0 Å². The average Bonchev–Trinajstić information content (AvgIpc) is 2.62. The summed E-state index contributed by atoms with van der Waals surface area (Å²) in [6.07, 6.45) is -0.0149. The summed E-state index contributed by atoms with van der Waals surface area (Å²) in [4.78, 5) is 13.3. The van der Waals surface area contributed by atoms with E-state index < -0.39 is 6.10 Å². The summed E-state index contributed by atoms with van der Waals surface area (Å²) < 4.78 is 0. The Balaban J connectivity index is 2.28. The van der Waals surface area contributed by atoms with Gasteiger partial charge in [-0.2, -0.15) is 0 Å². The van der Waals surface area contributed by atoms with Gasteiger partial charge in [-0.05, 0) is 29.0 Å². The summed E-state index contributed by atoms with van der Waals surface area (Å²) in [5.41, 5.74) is 2.90.